The van der Waals surface area contributed by atoms with Crippen LogP contribution in [0.15, 0.2) is 205 Å². The molecule has 0 aliphatic heterocycles. The predicted molar refractivity (Wildman–Crippen MR) is 357 cm³/mol. The van der Waals surface area contributed by atoms with Crippen LogP contribution in [0.4, 0.5) is 5.69 Å². The molecule has 8 heteroatoms. The third-order valence-corrected chi connectivity index (χ3v) is 19.3. The fraction of sp³-hybridized carbons (Fsp3) is 0.117. The van der Waals surface area contributed by atoms with E-state index in [2.05, 4.69) is 267 Å². The Kier molecular flexibility index (Phi) is 10.0. The monoisotopic (exact) mass is 1110 g/mol. The van der Waals surface area contributed by atoms with Crippen molar-refractivity contribution in [3.63, 3.8) is 0 Å². The van der Waals surface area contributed by atoms with Crippen molar-refractivity contribution >= 4 is 146 Å². The van der Waals surface area contributed by atoms with Crippen molar-refractivity contribution in [3.8, 4) is 28.8 Å². The lowest BCUT2D eigenvalue weighted by Crippen LogP contribution is -2.15. The van der Waals surface area contributed by atoms with Gasteiger partial charge in [-0.2, -0.15) is 5.26 Å². The summed E-state index contributed by atoms with van der Waals surface area (Å²) in [4.78, 5) is 4.94. The fourth-order valence-electron chi connectivity index (χ4n) is 14.4. The zero-order valence-electron chi connectivity index (χ0n) is 48.1. The molecule has 0 atom stereocenters. The van der Waals surface area contributed by atoms with E-state index in [-0.39, 0.29) is 10.8 Å². The van der Waals surface area contributed by atoms with Gasteiger partial charge in [0.1, 0.15) is 11.7 Å². The van der Waals surface area contributed by atoms with Gasteiger partial charge < -0.3 is 22.7 Å². The van der Waals surface area contributed by atoms with E-state index in [0.717, 1.165) is 125 Å². The van der Waals surface area contributed by atoms with E-state index in [0.29, 0.717) is 34.0 Å². The maximum absolute atomic E-state index is 13.0. The average molecular weight is 1110 g/mol. The lowest BCUT2D eigenvalue weighted by Gasteiger charge is -2.27. The van der Waals surface area contributed by atoms with Crippen LogP contribution in [0.1, 0.15) is 63.8 Å². The summed E-state index contributed by atoms with van der Waals surface area (Å²) < 4.78 is 19.1. The second-order valence-electron chi connectivity index (χ2n) is 25.1. The second-order valence-corrected chi connectivity index (χ2v) is 26.1. The molecule has 0 saturated carbocycles. The molecule has 0 saturated heterocycles. The number of aromatic nitrogens is 4. The average Bonchev–Trinajstić information content (AvgIpc) is 1.63. The minimum atomic E-state index is -0.301. The number of furan rings is 1. The van der Waals surface area contributed by atoms with Gasteiger partial charge in [-0.25, -0.2) is 4.85 Å². The predicted octanol–water partition coefficient (Wildman–Crippen LogP) is 21.7. The summed E-state index contributed by atoms with van der Waals surface area (Å²) >= 11 is 1.76. The Hall–Kier alpha value is -10.4. The Labute approximate surface area is 493 Å². The number of thiophene rings is 1. The van der Waals surface area contributed by atoms with Crippen molar-refractivity contribution < 1.29 is 4.42 Å². The molecule has 6 aromatic heterocycles. The molecule has 17 rings (SSSR count). The molecule has 6 heterocycles. The summed E-state index contributed by atoms with van der Waals surface area (Å²) in [6.45, 7) is 26.0. The van der Waals surface area contributed by atoms with Crippen molar-refractivity contribution in [3.05, 3.63) is 234 Å². The minimum Gasteiger partial charge on any atom is -0.454 e. The highest BCUT2D eigenvalue weighted by molar-refractivity contribution is 7.26. The Morgan fingerprint density at radius 2 is 0.965 bits per heavy atom. The van der Waals surface area contributed by atoms with Gasteiger partial charge in [0, 0.05) is 69.3 Å². The van der Waals surface area contributed by atoms with Crippen molar-refractivity contribution in [1.29, 1.82) is 5.26 Å². The lowest BCUT2D eigenvalue weighted by molar-refractivity contribution is 0.591. The van der Waals surface area contributed by atoms with Gasteiger partial charge in [0.2, 0.25) is 5.69 Å². The number of nitrogens with zero attached hydrogens (tertiary/aromatic N) is 6. The molecule has 0 fully saturated rings. The van der Waals surface area contributed by atoms with Crippen molar-refractivity contribution in [2.24, 2.45) is 0 Å². The summed E-state index contributed by atoms with van der Waals surface area (Å²) in [6, 6.07) is 74.8. The SMILES string of the molecule is [C-]#[N+]c1c(-n2c3ccccc3c3ccccc32)c(-n2c3ccc(C(C)(C)C)cc3c3cc(C(C)(C)C)c4c5ccccc5oc4c32)c(-n2c3ccccc3c3ccccc32)c(C#N)c1-n1c2ccc(C)cc2c2ccc3c4ccccc4sc3c21. The quantitative estimate of drug-likeness (QED) is 0.165. The summed E-state index contributed by atoms with van der Waals surface area (Å²) in [5.74, 6) is 0. The molecule has 0 unspecified atom stereocenters. The zero-order valence-corrected chi connectivity index (χ0v) is 48.9. The number of benzene rings is 11. The summed E-state index contributed by atoms with van der Waals surface area (Å²) in [6.07, 6.45) is 0. The molecule has 0 amide bonds. The summed E-state index contributed by atoms with van der Waals surface area (Å²) in [5, 5.41) is 25.7. The molecule has 11 aromatic carbocycles. The Balaban J connectivity index is 1.22. The maximum Gasteiger partial charge on any atom is 0.237 e. The second kappa shape index (κ2) is 17.3. The van der Waals surface area contributed by atoms with Gasteiger partial charge in [0.05, 0.1) is 83.7 Å². The smallest absolute Gasteiger partial charge is 0.237 e. The third kappa shape index (κ3) is 6.63. The van der Waals surface area contributed by atoms with E-state index in [1.807, 2.05) is 6.07 Å². The molecule has 17 aromatic rings. The summed E-state index contributed by atoms with van der Waals surface area (Å²) in [7, 11) is 0. The highest BCUT2D eigenvalue weighted by Crippen LogP contribution is 2.55. The van der Waals surface area contributed by atoms with Gasteiger partial charge >= 0.3 is 0 Å². The van der Waals surface area contributed by atoms with Crippen molar-refractivity contribution in [1.82, 2.24) is 18.3 Å². The van der Waals surface area contributed by atoms with E-state index >= 15 is 0 Å². The maximum atomic E-state index is 13.0. The topological polar surface area (TPSA) is 61.0 Å². The number of rotatable bonds is 4. The van der Waals surface area contributed by atoms with Gasteiger partial charge in [0.25, 0.3) is 0 Å². The van der Waals surface area contributed by atoms with Crippen molar-refractivity contribution in [2.45, 2.75) is 59.3 Å². The van der Waals surface area contributed by atoms with Crippen LogP contribution in [0.5, 0.6) is 0 Å². The van der Waals surface area contributed by atoms with Crippen LogP contribution in [0.2, 0.25) is 0 Å². The number of aryl methyl sites for hydroxylation is 1. The molecular weight excluding hydrogens is 1060 g/mol. The van der Waals surface area contributed by atoms with Crippen LogP contribution in [0.3, 0.4) is 0 Å². The molecule has 404 valence electrons. The first-order valence-corrected chi connectivity index (χ1v) is 29.9. The Morgan fingerprint density at radius 3 is 1.56 bits per heavy atom. The number of hydrogen-bond acceptors (Lipinski definition) is 3. The van der Waals surface area contributed by atoms with E-state index in [9.17, 15) is 11.8 Å². The van der Waals surface area contributed by atoms with E-state index in [1.54, 1.807) is 11.3 Å². The highest BCUT2D eigenvalue weighted by Gasteiger charge is 2.37. The largest absolute Gasteiger partial charge is 0.454 e. The van der Waals surface area contributed by atoms with Crippen LogP contribution < -0.4 is 0 Å². The van der Waals surface area contributed by atoms with Crippen LogP contribution in [0, 0.1) is 24.8 Å². The molecule has 0 aliphatic rings. The molecule has 0 N–H and O–H groups in total. The number of fused-ring (bicyclic) bond motifs is 20. The van der Waals surface area contributed by atoms with Gasteiger partial charge in [-0.15, -0.1) is 11.3 Å². The van der Waals surface area contributed by atoms with Crippen LogP contribution in [-0.4, -0.2) is 18.3 Å². The van der Waals surface area contributed by atoms with Crippen molar-refractivity contribution in [2.75, 3.05) is 0 Å². The van der Waals surface area contributed by atoms with Crippen LogP contribution in [-0.2, 0) is 10.8 Å². The highest BCUT2D eigenvalue weighted by atomic mass is 32.1. The normalized spacial score (nSPS) is 12.6. The Morgan fingerprint density at radius 1 is 0.447 bits per heavy atom. The molecule has 0 spiro atoms. The third-order valence-electron chi connectivity index (χ3n) is 18.1. The lowest BCUT2D eigenvalue weighted by atomic mass is 9.82. The number of nitriles is 1. The first-order chi connectivity index (χ1) is 41.3. The Bertz CT molecular complexity index is 5660. The number of hydrogen-bond donors (Lipinski definition) is 0. The minimum absolute atomic E-state index is 0.200. The number of para-hydroxylation sites is 5. The van der Waals surface area contributed by atoms with Crippen LogP contribution >= 0.6 is 11.3 Å². The van der Waals surface area contributed by atoms with Crippen LogP contribution in [0.25, 0.3) is 157 Å². The first kappa shape index (κ1) is 49.2. The molecule has 85 heavy (non-hydrogen) atoms. The summed E-state index contributed by atoms with van der Waals surface area (Å²) in [5.41, 5.74) is 15.1. The van der Waals surface area contributed by atoms with Gasteiger partial charge in [0.15, 0.2) is 5.58 Å². The molecule has 0 radical (unpaired) electrons. The fourth-order valence-corrected chi connectivity index (χ4v) is 15.6. The van der Waals surface area contributed by atoms with E-state index in [4.69, 9.17) is 9.26 Å². The molecule has 0 bridgehead atoms. The molecule has 7 nitrogen and oxygen atoms in total. The standard InChI is InChI=1S/C77H54N6OS/c1-43-33-37-62-53(39-43)50-35-36-51-49-25-14-20-32-65(49)85-75(51)71(50)82(62)68-56(42-78)69(80-58-27-15-9-21-45(58)46-22-10-16-28-59(46)80)73(72(67(68)79-8)81-60-29-17-11-23-47(60)48-24-12-18-30-61(48)81)83-63-38-34-44(76(2,3)4)40-54(63)55-41-57(77(5,6)7)66-52-26-13-19-31-64(52)84-74(66)70(55)83/h9-41H,1-7H3. The molecular formula is C77H54N6OS. The zero-order chi connectivity index (χ0) is 57.5. The van der Waals surface area contributed by atoms with Gasteiger partial charge in [-0.05, 0) is 95.6 Å². The van der Waals surface area contributed by atoms with Gasteiger partial charge in [-0.3, -0.25) is 0 Å². The van der Waals surface area contributed by atoms with Gasteiger partial charge in [-0.1, -0.05) is 181 Å². The first-order valence-electron chi connectivity index (χ1n) is 29.1. The molecule has 0 aliphatic carbocycles. The van der Waals surface area contributed by atoms with E-state index < -0.39 is 0 Å². The van der Waals surface area contributed by atoms with E-state index in [1.165, 1.54) is 21.2 Å².